The van der Waals surface area contributed by atoms with Crippen LogP contribution in [0, 0.1) is 0 Å². The molecule has 3 aromatic heterocycles. The quantitative estimate of drug-likeness (QED) is 0.722. The lowest BCUT2D eigenvalue weighted by Crippen LogP contribution is -2.32. The minimum Gasteiger partial charge on any atom is -0.385 e. The second-order valence-electron chi connectivity index (χ2n) is 4.51. The Kier molecular flexibility index (Phi) is 2.84. The third-order valence-electron chi connectivity index (χ3n) is 3.00. The van der Waals surface area contributed by atoms with Crippen molar-refractivity contribution in [3.63, 3.8) is 0 Å². The highest BCUT2D eigenvalue weighted by molar-refractivity contribution is 7.16. The smallest absolute Gasteiger partial charge is 0.291 e. The van der Waals surface area contributed by atoms with Gasteiger partial charge in [0.25, 0.3) is 5.56 Å². The van der Waals surface area contributed by atoms with Crippen LogP contribution in [0.4, 0.5) is 0 Å². The summed E-state index contributed by atoms with van der Waals surface area (Å²) >= 11 is 1.46. The maximum Gasteiger partial charge on any atom is 0.291 e. The van der Waals surface area contributed by atoms with E-state index in [0.29, 0.717) is 11.3 Å². The van der Waals surface area contributed by atoms with E-state index in [1.807, 2.05) is 11.4 Å². The van der Waals surface area contributed by atoms with E-state index in [1.165, 1.54) is 11.3 Å². The summed E-state index contributed by atoms with van der Waals surface area (Å²) in [6, 6.07) is 3.61. The standard InChI is InChI=1S/C12H12N4O3S/c1-6(17)10-14-15(5-9(13)18)11(19)8-4-7-2-3-20-12(7)16(8)10/h2-4,6,17H,5H2,1H3,(H2,13,18). The maximum absolute atomic E-state index is 12.3. The van der Waals surface area contributed by atoms with Gasteiger partial charge in [0.15, 0.2) is 5.82 Å². The van der Waals surface area contributed by atoms with Crippen molar-refractivity contribution in [1.82, 2.24) is 14.2 Å². The van der Waals surface area contributed by atoms with Gasteiger partial charge in [0.2, 0.25) is 5.91 Å². The normalized spacial score (nSPS) is 13.1. The number of nitrogens with zero attached hydrogens (tertiary/aromatic N) is 3. The number of hydrogen-bond donors (Lipinski definition) is 2. The van der Waals surface area contributed by atoms with Gasteiger partial charge in [-0.2, -0.15) is 5.10 Å². The van der Waals surface area contributed by atoms with Crippen LogP contribution in [-0.4, -0.2) is 25.2 Å². The van der Waals surface area contributed by atoms with Crippen molar-refractivity contribution in [3.05, 3.63) is 33.7 Å². The molecule has 3 heterocycles. The van der Waals surface area contributed by atoms with Gasteiger partial charge in [-0.05, 0) is 24.4 Å². The molecule has 8 heteroatoms. The number of aromatic nitrogens is 3. The zero-order chi connectivity index (χ0) is 14.4. The molecule has 1 amide bonds. The fourth-order valence-electron chi connectivity index (χ4n) is 2.18. The number of thiophene rings is 1. The van der Waals surface area contributed by atoms with E-state index in [2.05, 4.69) is 5.10 Å². The van der Waals surface area contributed by atoms with E-state index in [0.717, 1.165) is 14.9 Å². The average Bonchev–Trinajstić information content (AvgIpc) is 2.92. The second-order valence-corrected chi connectivity index (χ2v) is 5.40. The lowest BCUT2D eigenvalue weighted by Gasteiger charge is -2.11. The molecule has 0 saturated carbocycles. The Balaban J connectivity index is 2.44. The van der Waals surface area contributed by atoms with E-state index in [9.17, 15) is 14.7 Å². The van der Waals surface area contributed by atoms with Crippen molar-refractivity contribution in [2.45, 2.75) is 19.6 Å². The lowest BCUT2D eigenvalue weighted by molar-refractivity contribution is -0.118. The van der Waals surface area contributed by atoms with Crippen molar-refractivity contribution < 1.29 is 9.90 Å². The molecule has 0 saturated heterocycles. The molecule has 0 bridgehead atoms. The van der Waals surface area contributed by atoms with Gasteiger partial charge in [0, 0.05) is 5.39 Å². The number of carbonyl (C=O) groups excluding carboxylic acids is 1. The highest BCUT2D eigenvalue weighted by Gasteiger charge is 2.18. The van der Waals surface area contributed by atoms with Crippen molar-refractivity contribution in [2.24, 2.45) is 5.73 Å². The largest absolute Gasteiger partial charge is 0.385 e. The van der Waals surface area contributed by atoms with E-state index < -0.39 is 17.6 Å². The molecule has 0 aliphatic heterocycles. The van der Waals surface area contributed by atoms with Crippen LogP contribution in [0.1, 0.15) is 18.9 Å². The fourth-order valence-corrected chi connectivity index (χ4v) is 3.08. The van der Waals surface area contributed by atoms with E-state index in [1.54, 1.807) is 17.4 Å². The summed E-state index contributed by atoms with van der Waals surface area (Å²) in [6.45, 7) is 1.24. The maximum atomic E-state index is 12.3. The van der Waals surface area contributed by atoms with Crippen LogP contribution in [0.5, 0.6) is 0 Å². The molecular formula is C12H12N4O3S. The summed E-state index contributed by atoms with van der Waals surface area (Å²) in [5.74, 6) is -0.354. The zero-order valence-corrected chi connectivity index (χ0v) is 11.4. The summed E-state index contributed by atoms with van der Waals surface area (Å²) < 4.78 is 2.62. The number of hydrogen-bond acceptors (Lipinski definition) is 5. The van der Waals surface area contributed by atoms with E-state index >= 15 is 0 Å². The molecule has 0 radical (unpaired) electrons. The number of rotatable bonds is 3. The summed E-state index contributed by atoms with van der Waals surface area (Å²) in [7, 11) is 0. The molecule has 20 heavy (non-hydrogen) atoms. The molecule has 0 fully saturated rings. The van der Waals surface area contributed by atoms with Gasteiger partial charge in [-0.1, -0.05) is 0 Å². The third kappa shape index (κ3) is 1.81. The first-order chi connectivity index (χ1) is 9.49. The first-order valence-electron chi connectivity index (χ1n) is 5.95. The molecule has 3 N–H and O–H groups in total. The van der Waals surface area contributed by atoms with Gasteiger partial charge in [-0.15, -0.1) is 11.3 Å². The molecule has 1 unspecified atom stereocenters. The Labute approximate surface area is 116 Å². The monoisotopic (exact) mass is 292 g/mol. The van der Waals surface area contributed by atoms with Gasteiger partial charge >= 0.3 is 0 Å². The van der Waals surface area contributed by atoms with Crippen molar-refractivity contribution >= 4 is 33.0 Å². The minimum atomic E-state index is -0.880. The van der Waals surface area contributed by atoms with Gasteiger partial charge in [-0.3, -0.25) is 14.0 Å². The first-order valence-corrected chi connectivity index (χ1v) is 6.83. The van der Waals surface area contributed by atoms with Crippen molar-refractivity contribution in [2.75, 3.05) is 0 Å². The zero-order valence-electron chi connectivity index (χ0n) is 10.6. The predicted octanol–water partition coefficient (Wildman–Crippen LogP) is 0.249. The predicted molar refractivity (Wildman–Crippen MR) is 74.7 cm³/mol. The molecular weight excluding hydrogens is 280 g/mol. The molecule has 0 aliphatic carbocycles. The van der Waals surface area contributed by atoms with E-state index in [-0.39, 0.29) is 6.54 Å². The van der Waals surface area contributed by atoms with Gasteiger partial charge in [0.1, 0.15) is 23.0 Å². The van der Waals surface area contributed by atoms with Crippen LogP contribution in [-0.2, 0) is 11.3 Å². The second kappa shape index (κ2) is 4.43. The molecule has 3 rings (SSSR count). The van der Waals surface area contributed by atoms with Gasteiger partial charge < -0.3 is 10.8 Å². The SMILES string of the molecule is CC(O)c1nn(CC(N)=O)c(=O)c2cc3ccsc3n12. The number of aliphatic hydroxyl groups excluding tert-OH is 1. The Morgan fingerprint density at radius 2 is 2.35 bits per heavy atom. The number of aliphatic hydroxyl groups is 1. The summed E-state index contributed by atoms with van der Waals surface area (Å²) in [4.78, 5) is 24.2. The Hall–Kier alpha value is -2.19. The first kappa shape index (κ1) is 12.8. The Bertz CT molecular complexity index is 874. The van der Waals surface area contributed by atoms with E-state index in [4.69, 9.17) is 5.73 Å². The number of amides is 1. The fraction of sp³-hybridized carbons (Fsp3) is 0.250. The van der Waals surface area contributed by atoms with Crippen LogP contribution < -0.4 is 11.3 Å². The number of fused-ring (bicyclic) bond motifs is 3. The molecule has 104 valence electrons. The lowest BCUT2D eigenvalue weighted by atomic mass is 10.4. The van der Waals surface area contributed by atoms with Crippen LogP contribution >= 0.6 is 11.3 Å². The summed E-state index contributed by atoms with van der Waals surface area (Å²) in [5, 5.41) is 16.7. The molecule has 1 atom stereocenters. The average molecular weight is 292 g/mol. The van der Waals surface area contributed by atoms with Crippen molar-refractivity contribution in [1.29, 1.82) is 0 Å². The topological polar surface area (TPSA) is 103 Å². The summed E-state index contributed by atoms with van der Waals surface area (Å²) in [6.07, 6.45) is -0.880. The minimum absolute atomic E-state index is 0.304. The Morgan fingerprint density at radius 3 is 3.00 bits per heavy atom. The van der Waals surface area contributed by atoms with Gasteiger partial charge in [0.05, 0.1) is 0 Å². The van der Waals surface area contributed by atoms with Crippen molar-refractivity contribution in [3.8, 4) is 0 Å². The molecule has 7 nitrogen and oxygen atoms in total. The highest BCUT2D eigenvalue weighted by atomic mass is 32.1. The number of primary amides is 1. The molecule has 0 aromatic carbocycles. The Morgan fingerprint density at radius 1 is 1.60 bits per heavy atom. The molecule has 0 aliphatic rings. The number of nitrogens with two attached hydrogens (primary N) is 1. The van der Waals surface area contributed by atoms with Crippen LogP contribution in [0.15, 0.2) is 22.3 Å². The third-order valence-corrected chi connectivity index (χ3v) is 3.91. The van der Waals surface area contributed by atoms with Gasteiger partial charge in [-0.25, -0.2) is 4.68 Å². The van der Waals surface area contributed by atoms with Crippen LogP contribution in [0.3, 0.4) is 0 Å². The highest BCUT2D eigenvalue weighted by Crippen LogP contribution is 2.26. The molecule has 0 spiro atoms. The van der Waals surface area contributed by atoms with Crippen LogP contribution in [0.25, 0.3) is 15.7 Å². The number of carbonyl (C=O) groups is 1. The molecule has 3 aromatic rings. The van der Waals surface area contributed by atoms with Crippen LogP contribution in [0.2, 0.25) is 0 Å². The summed E-state index contributed by atoms with van der Waals surface area (Å²) in [5.41, 5.74) is 5.08.